The molecule has 3 heterocycles. The number of para-hydroxylation sites is 3. The van der Waals surface area contributed by atoms with Crippen molar-refractivity contribution >= 4 is 39.7 Å². The van der Waals surface area contributed by atoms with E-state index in [1.807, 2.05) is 6.07 Å². The largest absolute Gasteiger partial charge is 0.431 e. The Labute approximate surface area is 173 Å². The standard InChI is InChI=1S/C21H16F3N3O2S/c22-21(23,24)19-18-13(12-5-1-2-6-14(12)25-18)9-10-27(19)17(28)11-30-20-26-15-7-3-4-8-16(15)29-20/h1-8,19,25H,9-11H2/t19-/m1/s1. The van der Waals surface area contributed by atoms with Gasteiger partial charge in [0, 0.05) is 17.4 Å². The number of fused-ring (bicyclic) bond motifs is 4. The number of thioether (sulfide) groups is 1. The van der Waals surface area contributed by atoms with Gasteiger partial charge in [-0.25, -0.2) is 4.98 Å². The first-order valence-corrected chi connectivity index (χ1v) is 10.3. The topological polar surface area (TPSA) is 62.1 Å². The highest BCUT2D eigenvalue weighted by molar-refractivity contribution is 7.99. The fourth-order valence-electron chi connectivity index (χ4n) is 3.97. The molecule has 0 unspecified atom stereocenters. The summed E-state index contributed by atoms with van der Waals surface area (Å²) in [7, 11) is 0. The van der Waals surface area contributed by atoms with Gasteiger partial charge in [0.05, 0.1) is 11.4 Å². The third kappa shape index (κ3) is 3.23. The zero-order valence-corrected chi connectivity index (χ0v) is 16.4. The molecule has 2 aromatic heterocycles. The molecule has 5 rings (SSSR count). The van der Waals surface area contributed by atoms with E-state index in [-0.39, 0.29) is 23.2 Å². The molecule has 0 spiro atoms. The van der Waals surface area contributed by atoms with Gasteiger partial charge < -0.3 is 14.3 Å². The molecular weight excluding hydrogens is 415 g/mol. The number of amides is 1. The number of alkyl halides is 3. The quantitative estimate of drug-likeness (QED) is 0.459. The molecule has 1 amide bonds. The average Bonchev–Trinajstić information content (AvgIpc) is 3.31. The molecule has 0 bridgehead atoms. The molecule has 1 N–H and O–H groups in total. The average molecular weight is 431 g/mol. The number of halogens is 3. The van der Waals surface area contributed by atoms with Crippen molar-refractivity contribution in [1.82, 2.24) is 14.9 Å². The Morgan fingerprint density at radius 1 is 1.20 bits per heavy atom. The Kier molecular flexibility index (Phi) is 4.50. The van der Waals surface area contributed by atoms with E-state index in [9.17, 15) is 18.0 Å². The Morgan fingerprint density at radius 2 is 1.97 bits per heavy atom. The van der Waals surface area contributed by atoms with E-state index in [1.165, 1.54) is 0 Å². The van der Waals surface area contributed by atoms with Gasteiger partial charge in [0.25, 0.3) is 5.22 Å². The second kappa shape index (κ2) is 7.09. The van der Waals surface area contributed by atoms with Crippen molar-refractivity contribution in [2.45, 2.75) is 23.9 Å². The molecule has 0 radical (unpaired) electrons. The number of aromatic amines is 1. The van der Waals surface area contributed by atoms with Crippen LogP contribution in [0.25, 0.3) is 22.0 Å². The molecule has 0 saturated heterocycles. The minimum absolute atomic E-state index is 0.00593. The van der Waals surface area contributed by atoms with E-state index in [4.69, 9.17) is 4.42 Å². The molecule has 1 aliphatic heterocycles. The second-order valence-electron chi connectivity index (χ2n) is 7.08. The molecule has 9 heteroatoms. The Balaban J connectivity index is 1.41. The van der Waals surface area contributed by atoms with E-state index >= 15 is 0 Å². The Bertz CT molecular complexity index is 1210. The van der Waals surface area contributed by atoms with E-state index in [1.54, 1.807) is 42.5 Å². The smallest absolute Gasteiger partial charge is 0.414 e. The summed E-state index contributed by atoms with van der Waals surface area (Å²) in [5.74, 6) is -0.788. The number of carbonyl (C=O) groups excluding carboxylic acids is 1. The summed E-state index contributed by atoms with van der Waals surface area (Å²) in [6.07, 6.45) is -4.22. The van der Waals surface area contributed by atoms with Crippen LogP contribution in [0.15, 0.2) is 58.2 Å². The molecule has 0 saturated carbocycles. The van der Waals surface area contributed by atoms with Crippen molar-refractivity contribution < 1.29 is 22.4 Å². The maximum absolute atomic E-state index is 14.0. The highest BCUT2D eigenvalue weighted by atomic mass is 32.2. The zero-order valence-electron chi connectivity index (χ0n) is 15.6. The van der Waals surface area contributed by atoms with Gasteiger partial charge in [-0.1, -0.05) is 42.1 Å². The van der Waals surface area contributed by atoms with Crippen molar-refractivity contribution in [1.29, 1.82) is 0 Å². The first-order valence-electron chi connectivity index (χ1n) is 9.36. The van der Waals surface area contributed by atoms with Crippen molar-refractivity contribution in [2.75, 3.05) is 12.3 Å². The number of aromatic nitrogens is 2. The third-order valence-electron chi connectivity index (χ3n) is 5.26. The number of hydrogen-bond donors (Lipinski definition) is 1. The minimum atomic E-state index is -4.59. The summed E-state index contributed by atoms with van der Waals surface area (Å²) in [5, 5.41) is 1.03. The van der Waals surface area contributed by atoms with Crippen molar-refractivity contribution in [3.8, 4) is 0 Å². The Morgan fingerprint density at radius 3 is 2.77 bits per heavy atom. The van der Waals surface area contributed by atoms with Gasteiger partial charge >= 0.3 is 6.18 Å². The van der Waals surface area contributed by atoms with Crippen LogP contribution in [0.3, 0.4) is 0 Å². The predicted molar refractivity (Wildman–Crippen MR) is 107 cm³/mol. The lowest BCUT2D eigenvalue weighted by Gasteiger charge is -2.36. The predicted octanol–water partition coefficient (Wildman–Crippen LogP) is 5.09. The van der Waals surface area contributed by atoms with Gasteiger partial charge in [0.1, 0.15) is 5.52 Å². The summed E-state index contributed by atoms with van der Waals surface area (Å²) in [4.78, 5) is 20.9. The van der Waals surface area contributed by atoms with Gasteiger partial charge in [0.2, 0.25) is 5.91 Å². The molecular formula is C21H16F3N3O2S. The van der Waals surface area contributed by atoms with Gasteiger partial charge in [-0.05, 0) is 30.2 Å². The van der Waals surface area contributed by atoms with Gasteiger partial charge in [-0.2, -0.15) is 13.2 Å². The van der Waals surface area contributed by atoms with Crippen LogP contribution in [0.5, 0.6) is 0 Å². The number of H-pyrrole nitrogens is 1. The normalized spacial score (nSPS) is 16.9. The lowest BCUT2D eigenvalue weighted by Crippen LogP contribution is -2.47. The number of benzene rings is 2. The molecule has 154 valence electrons. The first-order chi connectivity index (χ1) is 14.4. The van der Waals surface area contributed by atoms with Crippen LogP contribution in [0.2, 0.25) is 0 Å². The van der Waals surface area contributed by atoms with Crippen LogP contribution in [0.1, 0.15) is 17.3 Å². The fraction of sp³-hybridized carbons (Fsp3) is 0.238. The van der Waals surface area contributed by atoms with Crippen molar-refractivity contribution in [2.24, 2.45) is 0 Å². The summed E-state index contributed by atoms with van der Waals surface area (Å²) >= 11 is 1.00. The van der Waals surface area contributed by atoms with Crippen molar-refractivity contribution in [3.05, 3.63) is 59.8 Å². The molecule has 0 fully saturated rings. The van der Waals surface area contributed by atoms with Crippen LogP contribution in [-0.2, 0) is 11.2 Å². The van der Waals surface area contributed by atoms with Gasteiger partial charge in [-0.15, -0.1) is 0 Å². The van der Waals surface area contributed by atoms with Crippen LogP contribution in [-0.4, -0.2) is 39.2 Å². The van der Waals surface area contributed by atoms with E-state index in [2.05, 4.69) is 9.97 Å². The Hall–Kier alpha value is -2.94. The van der Waals surface area contributed by atoms with E-state index in [0.29, 0.717) is 28.6 Å². The SMILES string of the molecule is O=C(CSc1nc2ccccc2o1)N1CCc2c([nH]c3ccccc23)[C@@H]1C(F)(F)F. The summed E-state index contributed by atoms with van der Waals surface area (Å²) in [6, 6.07) is 12.2. The lowest BCUT2D eigenvalue weighted by atomic mass is 9.97. The number of carbonyl (C=O) groups is 1. The molecule has 1 atom stereocenters. The number of rotatable bonds is 3. The number of hydrogen-bond acceptors (Lipinski definition) is 4. The first kappa shape index (κ1) is 19.0. The van der Waals surface area contributed by atoms with Gasteiger partial charge in [0.15, 0.2) is 11.6 Å². The lowest BCUT2D eigenvalue weighted by molar-refractivity contribution is -0.193. The van der Waals surface area contributed by atoms with Crippen molar-refractivity contribution in [3.63, 3.8) is 0 Å². The molecule has 1 aliphatic rings. The fourth-order valence-corrected chi connectivity index (χ4v) is 4.69. The minimum Gasteiger partial charge on any atom is -0.431 e. The second-order valence-corrected chi connectivity index (χ2v) is 8.01. The zero-order chi connectivity index (χ0) is 20.9. The summed E-state index contributed by atoms with van der Waals surface area (Å²) in [5.41, 5.74) is 2.54. The third-order valence-corrected chi connectivity index (χ3v) is 6.07. The molecule has 0 aliphatic carbocycles. The maximum atomic E-state index is 14.0. The maximum Gasteiger partial charge on any atom is 0.414 e. The molecule has 2 aromatic carbocycles. The van der Waals surface area contributed by atoms with Crippen LogP contribution in [0, 0.1) is 0 Å². The highest BCUT2D eigenvalue weighted by Gasteiger charge is 2.50. The molecule has 5 nitrogen and oxygen atoms in total. The molecule has 30 heavy (non-hydrogen) atoms. The molecule has 4 aromatic rings. The van der Waals surface area contributed by atoms with Gasteiger partial charge in [-0.3, -0.25) is 4.79 Å². The highest BCUT2D eigenvalue weighted by Crippen LogP contribution is 2.44. The monoisotopic (exact) mass is 431 g/mol. The van der Waals surface area contributed by atoms with E-state index in [0.717, 1.165) is 22.0 Å². The summed E-state index contributed by atoms with van der Waals surface area (Å²) < 4.78 is 47.6. The number of oxazole rings is 1. The van der Waals surface area contributed by atoms with Crippen LogP contribution < -0.4 is 0 Å². The number of nitrogens with zero attached hydrogens (tertiary/aromatic N) is 2. The van der Waals surface area contributed by atoms with Crippen LogP contribution >= 0.6 is 11.8 Å². The number of nitrogens with one attached hydrogen (secondary N) is 1. The van der Waals surface area contributed by atoms with Crippen LogP contribution in [0.4, 0.5) is 13.2 Å². The van der Waals surface area contributed by atoms with E-state index < -0.39 is 18.1 Å². The summed E-state index contributed by atoms with van der Waals surface area (Å²) in [6.45, 7) is 0.00593.